The van der Waals surface area contributed by atoms with E-state index < -0.39 is 6.61 Å². The fourth-order valence-corrected chi connectivity index (χ4v) is 2.37. The van der Waals surface area contributed by atoms with E-state index in [2.05, 4.69) is 15.0 Å². The zero-order valence-electron chi connectivity index (χ0n) is 12.6. The molecule has 4 nitrogen and oxygen atoms in total. The lowest BCUT2D eigenvalue weighted by atomic mass is 10.1. The number of rotatable bonds is 5. The minimum atomic E-state index is -2.86. The van der Waals surface area contributed by atoms with E-state index in [1.54, 1.807) is 24.4 Å². The van der Waals surface area contributed by atoms with Crippen molar-refractivity contribution in [2.45, 2.75) is 13.0 Å². The van der Waals surface area contributed by atoms with Gasteiger partial charge in [-0.15, -0.1) is 0 Å². The fraction of sp³-hybridized carbons (Fsp3) is 0.111. The number of carbonyl (C=O) groups is 1. The number of pyridine rings is 1. The predicted molar refractivity (Wildman–Crippen MR) is 87.2 cm³/mol. The standard InChI is InChI=1S/C18H14F2N2O2/c19-18(20)24-14-8-6-12(7-9-14)11-16(23)22-15-5-1-3-13-4-2-10-21-17(13)15/h1-10,18H,11H2,(H,22,23). The minimum absolute atomic E-state index is 0.0624. The number of ether oxygens (including phenoxy) is 1. The number of nitrogens with zero attached hydrogens (tertiary/aromatic N) is 1. The first-order valence-electron chi connectivity index (χ1n) is 7.29. The highest BCUT2D eigenvalue weighted by atomic mass is 19.3. The third-order valence-electron chi connectivity index (χ3n) is 3.42. The molecule has 1 amide bonds. The van der Waals surface area contributed by atoms with Crippen molar-refractivity contribution >= 4 is 22.5 Å². The van der Waals surface area contributed by atoms with Gasteiger partial charge in [0.2, 0.25) is 5.91 Å². The lowest BCUT2D eigenvalue weighted by molar-refractivity contribution is -0.115. The minimum Gasteiger partial charge on any atom is -0.435 e. The van der Waals surface area contributed by atoms with E-state index in [-0.39, 0.29) is 18.1 Å². The van der Waals surface area contributed by atoms with Crippen LogP contribution in [0.5, 0.6) is 5.75 Å². The van der Waals surface area contributed by atoms with Crippen molar-refractivity contribution in [3.63, 3.8) is 0 Å². The highest BCUT2D eigenvalue weighted by Crippen LogP contribution is 2.21. The third kappa shape index (κ3) is 3.84. The van der Waals surface area contributed by atoms with Crippen LogP contribution in [0.4, 0.5) is 14.5 Å². The average molecular weight is 328 g/mol. The maximum absolute atomic E-state index is 12.2. The molecule has 6 heteroatoms. The summed E-state index contributed by atoms with van der Waals surface area (Å²) in [6.45, 7) is -2.86. The number of aromatic nitrogens is 1. The summed E-state index contributed by atoms with van der Waals surface area (Å²) in [6, 6.07) is 15.3. The molecule has 0 spiro atoms. The van der Waals surface area contributed by atoms with Crippen LogP contribution in [0.3, 0.4) is 0 Å². The van der Waals surface area contributed by atoms with Gasteiger partial charge in [0.1, 0.15) is 5.75 Å². The van der Waals surface area contributed by atoms with Gasteiger partial charge in [-0.25, -0.2) is 0 Å². The van der Waals surface area contributed by atoms with Crippen LogP contribution < -0.4 is 10.1 Å². The second-order valence-corrected chi connectivity index (χ2v) is 5.13. The molecule has 0 fully saturated rings. The molecule has 0 aliphatic heterocycles. The maximum Gasteiger partial charge on any atom is 0.387 e. The topological polar surface area (TPSA) is 51.2 Å². The number of fused-ring (bicyclic) bond motifs is 1. The summed E-state index contributed by atoms with van der Waals surface area (Å²) in [5.74, 6) is -0.150. The molecule has 1 N–H and O–H groups in total. The molecule has 122 valence electrons. The van der Waals surface area contributed by atoms with Gasteiger partial charge in [0.05, 0.1) is 17.6 Å². The summed E-state index contributed by atoms with van der Waals surface area (Å²) < 4.78 is 28.5. The molecule has 2 aromatic carbocycles. The number of nitrogens with one attached hydrogen (secondary N) is 1. The monoisotopic (exact) mass is 328 g/mol. The van der Waals surface area contributed by atoms with Gasteiger partial charge in [0.25, 0.3) is 0 Å². The van der Waals surface area contributed by atoms with Gasteiger partial charge in [-0.05, 0) is 29.8 Å². The van der Waals surface area contributed by atoms with E-state index in [9.17, 15) is 13.6 Å². The van der Waals surface area contributed by atoms with Crippen LogP contribution in [0.2, 0.25) is 0 Å². The van der Waals surface area contributed by atoms with Crippen molar-refractivity contribution < 1.29 is 18.3 Å². The van der Waals surface area contributed by atoms with Crippen LogP contribution in [-0.4, -0.2) is 17.5 Å². The van der Waals surface area contributed by atoms with Gasteiger partial charge in [0.15, 0.2) is 0 Å². The normalized spacial score (nSPS) is 10.8. The fourth-order valence-electron chi connectivity index (χ4n) is 2.37. The SMILES string of the molecule is O=C(Cc1ccc(OC(F)F)cc1)Nc1cccc2cccnc12. The Morgan fingerprint density at radius 3 is 2.58 bits per heavy atom. The van der Waals surface area contributed by atoms with Gasteiger partial charge >= 0.3 is 6.61 Å². The largest absolute Gasteiger partial charge is 0.435 e. The summed E-state index contributed by atoms with van der Waals surface area (Å²) in [6.07, 6.45) is 1.79. The Hall–Kier alpha value is -3.02. The number of halogens is 2. The maximum atomic E-state index is 12.2. The predicted octanol–water partition coefficient (Wildman–Crippen LogP) is 4.02. The van der Waals surface area contributed by atoms with Crippen molar-refractivity contribution in [3.05, 3.63) is 66.4 Å². The van der Waals surface area contributed by atoms with E-state index in [1.807, 2.05) is 24.3 Å². The molecular weight excluding hydrogens is 314 g/mol. The van der Waals surface area contributed by atoms with Crippen molar-refractivity contribution in [1.29, 1.82) is 0 Å². The Morgan fingerprint density at radius 2 is 1.83 bits per heavy atom. The van der Waals surface area contributed by atoms with Crippen molar-refractivity contribution in [2.75, 3.05) is 5.32 Å². The Labute approximate surface area is 137 Å². The van der Waals surface area contributed by atoms with E-state index in [4.69, 9.17) is 0 Å². The van der Waals surface area contributed by atoms with Gasteiger partial charge in [-0.1, -0.05) is 30.3 Å². The number of para-hydroxylation sites is 1. The number of hydrogen-bond acceptors (Lipinski definition) is 3. The average Bonchev–Trinajstić information content (AvgIpc) is 2.56. The third-order valence-corrected chi connectivity index (χ3v) is 3.42. The van der Waals surface area contributed by atoms with Crippen LogP contribution in [0.25, 0.3) is 10.9 Å². The van der Waals surface area contributed by atoms with E-state index in [0.29, 0.717) is 16.8 Å². The van der Waals surface area contributed by atoms with E-state index in [1.165, 1.54) is 12.1 Å². The quantitative estimate of drug-likeness (QED) is 0.770. The lowest BCUT2D eigenvalue weighted by Gasteiger charge is -2.09. The van der Waals surface area contributed by atoms with Crippen molar-refractivity contribution in [3.8, 4) is 5.75 Å². The van der Waals surface area contributed by atoms with E-state index >= 15 is 0 Å². The number of anilines is 1. The molecule has 0 aliphatic rings. The highest BCUT2D eigenvalue weighted by molar-refractivity contribution is 6.00. The molecular formula is C18H14F2N2O2. The lowest BCUT2D eigenvalue weighted by Crippen LogP contribution is -2.14. The van der Waals surface area contributed by atoms with Crippen LogP contribution in [0, 0.1) is 0 Å². The Morgan fingerprint density at radius 1 is 1.08 bits per heavy atom. The second kappa shape index (κ2) is 7.04. The molecule has 0 saturated heterocycles. The van der Waals surface area contributed by atoms with Crippen LogP contribution in [-0.2, 0) is 11.2 Å². The zero-order chi connectivity index (χ0) is 16.9. The van der Waals surface area contributed by atoms with Gasteiger partial charge in [0, 0.05) is 11.6 Å². The number of carbonyl (C=O) groups excluding carboxylic acids is 1. The molecule has 0 unspecified atom stereocenters. The zero-order valence-corrected chi connectivity index (χ0v) is 12.6. The van der Waals surface area contributed by atoms with Crippen molar-refractivity contribution in [2.24, 2.45) is 0 Å². The summed E-state index contributed by atoms with van der Waals surface area (Å²) >= 11 is 0. The van der Waals surface area contributed by atoms with Crippen LogP contribution in [0.1, 0.15) is 5.56 Å². The Kier molecular flexibility index (Phi) is 4.65. The van der Waals surface area contributed by atoms with Gasteiger partial charge in [-0.2, -0.15) is 8.78 Å². The molecule has 24 heavy (non-hydrogen) atoms. The van der Waals surface area contributed by atoms with Crippen LogP contribution >= 0.6 is 0 Å². The number of benzene rings is 2. The van der Waals surface area contributed by atoms with Crippen molar-refractivity contribution in [1.82, 2.24) is 4.98 Å². The van der Waals surface area contributed by atoms with Gasteiger partial charge in [-0.3, -0.25) is 9.78 Å². The molecule has 0 bridgehead atoms. The van der Waals surface area contributed by atoms with Crippen LogP contribution in [0.15, 0.2) is 60.8 Å². The van der Waals surface area contributed by atoms with E-state index in [0.717, 1.165) is 5.39 Å². The Bertz CT molecular complexity index is 846. The number of alkyl halides is 2. The number of amides is 1. The second-order valence-electron chi connectivity index (χ2n) is 5.13. The summed E-state index contributed by atoms with van der Waals surface area (Å²) in [7, 11) is 0. The molecule has 3 aromatic rings. The van der Waals surface area contributed by atoms with Gasteiger partial charge < -0.3 is 10.1 Å². The highest BCUT2D eigenvalue weighted by Gasteiger charge is 2.09. The molecule has 3 rings (SSSR count). The summed E-state index contributed by atoms with van der Waals surface area (Å²) in [4.78, 5) is 16.5. The molecule has 0 radical (unpaired) electrons. The molecule has 0 saturated carbocycles. The molecule has 0 atom stereocenters. The first kappa shape index (κ1) is 15.9. The first-order valence-corrected chi connectivity index (χ1v) is 7.29. The summed E-state index contributed by atoms with van der Waals surface area (Å²) in [5, 5.41) is 3.76. The number of hydrogen-bond donors (Lipinski definition) is 1. The smallest absolute Gasteiger partial charge is 0.387 e. The first-order chi connectivity index (χ1) is 11.6. The summed E-state index contributed by atoms with van der Waals surface area (Å²) in [5.41, 5.74) is 2.05. The molecule has 1 heterocycles. The molecule has 0 aliphatic carbocycles. The molecule has 1 aromatic heterocycles. The Balaban J connectivity index is 1.69.